The molecule has 2 heterocycles. The molecule has 0 amide bonds. The molecule has 0 N–H and O–H groups in total. The highest BCUT2D eigenvalue weighted by Crippen LogP contribution is 2.44. The molecular formula is C14H20BNO2. The Morgan fingerprint density at radius 2 is 1.89 bits per heavy atom. The summed E-state index contributed by atoms with van der Waals surface area (Å²) < 4.78 is 12.3. The average molecular weight is 245 g/mol. The molecule has 0 spiro atoms. The maximum absolute atomic E-state index is 6.14. The van der Waals surface area contributed by atoms with Crippen LogP contribution >= 0.6 is 0 Å². The van der Waals surface area contributed by atoms with Crippen LogP contribution in [0.3, 0.4) is 0 Å². The van der Waals surface area contributed by atoms with Crippen LogP contribution < -0.4 is 0 Å². The van der Waals surface area contributed by atoms with Crippen molar-refractivity contribution in [2.24, 2.45) is 0 Å². The van der Waals surface area contributed by atoms with E-state index < -0.39 is 0 Å². The van der Waals surface area contributed by atoms with Crippen LogP contribution in [0.2, 0.25) is 0 Å². The molecule has 0 saturated carbocycles. The highest BCUT2D eigenvalue weighted by molar-refractivity contribution is 6.47. The molecule has 18 heavy (non-hydrogen) atoms. The summed E-state index contributed by atoms with van der Waals surface area (Å²) in [6.45, 7) is 8.39. The number of aromatic nitrogens is 1. The van der Waals surface area contributed by atoms with Crippen LogP contribution in [0.5, 0.6) is 0 Å². The number of fused-ring (bicyclic) bond motifs is 1. The van der Waals surface area contributed by atoms with Gasteiger partial charge in [0, 0.05) is 17.7 Å². The smallest absolute Gasteiger partial charge is 0.403 e. The van der Waals surface area contributed by atoms with Crippen molar-refractivity contribution in [3.63, 3.8) is 0 Å². The minimum Gasteiger partial charge on any atom is -0.403 e. The molecule has 1 fully saturated rings. The number of aryl methyl sites for hydroxylation is 1. The van der Waals surface area contributed by atoms with Crippen LogP contribution in [0.15, 0.2) is 18.3 Å². The standard InChI is InChI=1S/C14H20BNO2/c1-13(2)14(3,4)18-15(17-13)11-8-7-10-6-5-9-16-12(10)11/h5-6,9,11H,7-8H2,1-4H3. The zero-order chi connectivity index (χ0) is 13.0. The van der Waals surface area contributed by atoms with E-state index in [1.807, 2.05) is 12.3 Å². The van der Waals surface area contributed by atoms with Gasteiger partial charge in [0.2, 0.25) is 0 Å². The minimum atomic E-state index is -0.255. The fourth-order valence-corrected chi connectivity index (χ4v) is 2.76. The number of hydrogen-bond donors (Lipinski definition) is 0. The quantitative estimate of drug-likeness (QED) is 0.713. The van der Waals surface area contributed by atoms with Gasteiger partial charge in [0.05, 0.1) is 11.2 Å². The Balaban J connectivity index is 1.87. The van der Waals surface area contributed by atoms with Crippen LogP contribution in [0.1, 0.15) is 51.2 Å². The SMILES string of the molecule is CC1(C)OB(C2CCc3cccnc32)OC1(C)C. The predicted octanol–water partition coefficient (Wildman–Crippen LogP) is 2.74. The summed E-state index contributed by atoms with van der Waals surface area (Å²) in [5, 5.41) is 0. The first-order valence-corrected chi connectivity index (χ1v) is 6.70. The molecule has 3 rings (SSSR count). The highest BCUT2D eigenvalue weighted by atomic mass is 16.7. The fourth-order valence-electron chi connectivity index (χ4n) is 2.76. The molecule has 1 aliphatic carbocycles. The van der Waals surface area contributed by atoms with E-state index in [2.05, 4.69) is 38.7 Å². The third-order valence-electron chi connectivity index (χ3n) is 4.60. The number of nitrogens with zero attached hydrogens (tertiary/aromatic N) is 1. The molecule has 1 aliphatic heterocycles. The fraction of sp³-hybridized carbons (Fsp3) is 0.643. The van der Waals surface area contributed by atoms with E-state index in [9.17, 15) is 0 Å². The van der Waals surface area contributed by atoms with Crippen LogP contribution in [0.4, 0.5) is 0 Å². The van der Waals surface area contributed by atoms with E-state index >= 15 is 0 Å². The highest BCUT2D eigenvalue weighted by Gasteiger charge is 2.55. The number of pyridine rings is 1. The van der Waals surface area contributed by atoms with Gasteiger partial charge in [0.25, 0.3) is 0 Å². The molecule has 1 saturated heterocycles. The van der Waals surface area contributed by atoms with Crippen LogP contribution in [-0.4, -0.2) is 23.3 Å². The summed E-state index contributed by atoms with van der Waals surface area (Å²) in [5.74, 6) is 0.280. The van der Waals surface area contributed by atoms with E-state index in [4.69, 9.17) is 9.31 Å². The third-order valence-corrected chi connectivity index (χ3v) is 4.60. The molecule has 0 radical (unpaired) electrons. The zero-order valence-electron chi connectivity index (χ0n) is 11.6. The molecule has 1 aromatic heterocycles. The summed E-state index contributed by atoms with van der Waals surface area (Å²) in [5.41, 5.74) is 2.00. The Bertz CT molecular complexity index is 457. The van der Waals surface area contributed by atoms with Gasteiger partial charge < -0.3 is 9.31 Å². The summed E-state index contributed by atoms with van der Waals surface area (Å²) >= 11 is 0. The van der Waals surface area contributed by atoms with Crippen molar-refractivity contribution < 1.29 is 9.31 Å². The lowest BCUT2D eigenvalue weighted by atomic mass is 9.70. The number of rotatable bonds is 1. The molecule has 4 heteroatoms. The van der Waals surface area contributed by atoms with Crippen molar-refractivity contribution in [3.05, 3.63) is 29.6 Å². The van der Waals surface area contributed by atoms with Crippen LogP contribution in [0, 0.1) is 0 Å². The molecule has 1 unspecified atom stereocenters. The van der Waals surface area contributed by atoms with Gasteiger partial charge in [-0.1, -0.05) is 6.07 Å². The minimum absolute atomic E-state index is 0.161. The first-order valence-electron chi connectivity index (χ1n) is 6.70. The lowest BCUT2D eigenvalue weighted by Crippen LogP contribution is -2.41. The van der Waals surface area contributed by atoms with Crippen molar-refractivity contribution >= 4 is 7.12 Å². The first kappa shape index (κ1) is 12.2. The maximum atomic E-state index is 6.14. The molecule has 1 aromatic rings. The van der Waals surface area contributed by atoms with Crippen molar-refractivity contribution in [1.29, 1.82) is 0 Å². The monoisotopic (exact) mass is 245 g/mol. The van der Waals surface area contributed by atoms with Crippen molar-refractivity contribution in [2.75, 3.05) is 0 Å². The van der Waals surface area contributed by atoms with Gasteiger partial charge in [-0.3, -0.25) is 4.98 Å². The molecule has 96 valence electrons. The molecule has 2 aliphatic rings. The van der Waals surface area contributed by atoms with E-state index in [0.717, 1.165) is 18.5 Å². The maximum Gasteiger partial charge on any atom is 0.467 e. The van der Waals surface area contributed by atoms with Gasteiger partial charge in [-0.15, -0.1) is 0 Å². The normalized spacial score (nSPS) is 28.4. The van der Waals surface area contributed by atoms with Crippen LogP contribution in [0.25, 0.3) is 0 Å². The van der Waals surface area contributed by atoms with Crippen LogP contribution in [-0.2, 0) is 15.7 Å². The van der Waals surface area contributed by atoms with E-state index in [0.29, 0.717) is 0 Å². The van der Waals surface area contributed by atoms with Gasteiger partial charge in [-0.05, 0) is 52.2 Å². The largest absolute Gasteiger partial charge is 0.467 e. The second kappa shape index (κ2) is 3.81. The molecule has 0 bridgehead atoms. The van der Waals surface area contributed by atoms with Gasteiger partial charge in [-0.2, -0.15) is 0 Å². The molecular weight excluding hydrogens is 225 g/mol. The van der Waals surface area contributed by atoms with E-state index in [1.54, 1.807) is 0 Å². The van der Waals surface area contributed by atoms with Crippen molar-refractivity contribution in [2.45, 2.75) is 57.6 Å². The Morgan fingerprint density at radius 1 is 1.22 bits per heavy atom. The van der Waals surface area contributed by atoms with E-state index in [-0.39, 0.29) is 24.1 Å². The lowest BCUT2D eigenvalue weighted by molar-refractivity contribution is 0.00578. The Hall–Kier alpha value is -0.865. The van der Waals surface area contributed by atoms with Crippen molar-refractivity contribution in [3.8, 4) is 0 Å². The summed E-state index contributed by atoms with van der Waals surface area (Å²) in [6.07, 6.45) is 4.02. The second-order valence-electron chi connectivity index (χ2n) is 6.32. The second-order valence-corrected chi connectivity index (χ2v) is 6.32. The summed E-state index contributed by atoms with van der Waals surface area (Å²) in [4.78, 5) is 4.52. The van der Waals surface area contributed by atoms with Gasteiger partial charge in [0.15, 0.2) is 0 Å². The summed E-state index contributed by atoms with van der Waals surface area (Å²) in [7, 11) is -0.161. The van der Waals surface area contributed by atoms with Gasteiger partial charge in [0.1, 0.15) is 0 Å². The molecule has 3 nitrogen and oxygen atoms in total. The Morgan fingerprint density at radius 3 is 2.56 bits per heavy atom. The topological polar surface area (TPSA) is 31.4 Å². The number of hydrogen-bond acceptors (Lipinski definition) is 3. The van der Waals surface area contributed by atoms with E-state index in [1.165, 1.54) is 5.56 Å². The Kier molecular flexibility index (Phi) is 2.58. The first-order chi connectivity index (χ1) is 8.41. The Labute approximate surface area is 109 Å². The zero-order valence-corrected chi connectivity index (χ0v) is 11.6. The van der Waals surface area contributed by atoms with Gasteiger partial charge >= 0.3 is 7.12 Å². The van der Waals surface area contributed by atoms with Gasteiger partial charge in [-0.25, -0.2) is 0 Å². The lowest BCUT2D eigenvalue weighted by Gasteiger charge is -2.32. The summed E-state index contributed by atoms with van der Waals surface area (Å²) in [6, 6.07) is 4.17. The molecule has 1 atom stereocenters. The molecule has 0 aromatic carbocycles. The predicted molar refractivity (Wildman–Crippen MR) is 71.4 cm³/mol. The van der Waals surface area contributed by atoms with Crippen molar-refractivity contribution in [1.82, 2.24) is 4.98 Å². The average Bonchev–Trinajstić information content (AvgIpc) is 2.78. The third kappa shape index (κ3) is 1.70.